The normalized spacial score (nSPS) is 25.8. The second-order valence-electron chi connectivity index (χ2n) is 6.74. The van der Waals surface area contributed by atoms with Crippen LogP contribution >= 0.6 is 0 Å². The Morgan fingerprint density at radius 1 is 1.24 bits per heavy atom. The highest BCUT2D eigenvalue weighted by Gasteiger charge is 2.34. The summed E-state index contributed by atoms with van der Waals surface area (Å²) in [6, 6.07) is 8.77. The summed E-state index contributed by atoms with van der Waals surface area (Å²) >= 11 is 0. The smallest absolute Gasteiger partial charge is 0.118 e. The van der Waals surface area contributed by atoms with Gasteiger partial charge in [-0.15, -0.1) is 0 Å². The van der Waals surface area contributed by atoms with Crippen molar-refractivity contribution in [2.75, 3.05) is 20.2 Å². The number of aliphatic hydroxyl groups excluding tert-OH is 1. The Labute approximate surface area is 127 Å². The van der Waals surface area contributed by atoms with Gasteiger partial charge in [-0.2, -0.15) is 0 Å². The standard InChI is InChI=1S/C18H27NO2/c1-13(15-5-7-17(21-2)8-6-15)19-10-9-16(12-19)18(20)11-14-3-4-14/h5-8,13-14,16,18,20H,3-4,9-12H2,1-2H3/t13-,16-,18-/m1/s1. The van der Waals surface area contributed by atoms with Crippen molar-refractivity contribution < 1.29 is 9.84 Å². The molecule has 3 atom stereocenters. The molecule has 2 fully saturated rings. The maximum atomic E-state index is 10.4. The molecular formula is C18H27NO2. The van der Waals surface area contributed by atoms with Gasteiger partial charge in [0, 0.05) is 12.6 Å². The molecule has 1 aromatic rings. The van der Waals surface area contributed by atoms with Gasteiger partial charge in [-0.3, -0.25) is 4.90 Å². The van der Waals surface area contributed by atoms with Crippen LogP contribution in [0.3, 0.4) is 0 Å². The average molecular weight is 289 g/mol. The minimum Gasteiger partial charge on any atom is -0.497 e. The van der Waals surface area contributed by atoms with Gasteiger partial charge in [0.2, 0.25) is 0 Å². The van der Waals surface area contributed by atoms with E-state index in [9.17, 15) is 5.11 Å². The lowest BCUT2D eigenvalue weighted by atomic mass is 9.97. The molecule has 1 aliphatic carbocycles. The van der Waals surface area contributed by atoms with E-state index in [1.165, 1.54) is 18.4 Å². The van der Waals surface area contributed by atoms with Crippen molar-refractivity contribution in [3.63, 3.8) is 0 Å². The third kappa shape index (κ3) is 3.58. The van der Waals surface area contributed by atoms with Crippen molar-refractivity contribution in [1.29, 1.82) is 0 Å². The Morgan fingerprint density at radius 3 is 2.57 bits per heavy atom. The predicted molar refractivity (Wildman–Crippen MR) is 84.4 cm³/mol. The summed E-state index contributed by atoms with van der Waals surface area (Å²) in [5.41, 5.74) is 1.33. The first-order valence-electron chi connectivity index (χ1n) is 8.23. The Balaban J connectivity index is 1.56. The Bertz CT molecular complexity index is 455. The lowest BCUT2D eigenvalue weighted by molar-refractivity contribution is 0.0928. The largest absolute Gasteiger partial charge is 0.497 e. The van der Waals surface area contributed by atoms with Crippen molar-refractivity contribution in [1.82, 2.24) is 4.90 Å². The van der Waals surface area contributed by atoms with Crippen LogP contribution in [0.1, 0.15) is 44.2 Å². The average Bonchev–Trinajstić information content (AvgIpc) is 3.18. The molecular weight excluding hydrogens is 262 g/mol. The first-order valence-corrected chi connectivity index (χ1v) is 8.23. The van der Waals surface area contributed by atoms with Gasteiger partial charge in [0.15, 0.2) is 0 Å². The lowest BCUT2D eigenvalue weighted by Gasteiger charge is -2.26. The minimum absolute atomic E-state index is 0.0921. The highest BCUT2D eigenvalue weighted by atomic mass is 16.5. The van der Waals surface area contributed by atoms with Crippen molar-refractivity contribution in [2.24, 2.45) is 11.8 Å². The van der Waals surface area contributed by atoms with Crippen LogP contribution in [0.25, 0.3) is 0 Å². The van der Waals surface area contributed by atoms with Crippen LogP contribution < -0.4 is 4.74 Å². The Kier molecular flexibility index (Phi) is 4.51. The van der Waals surface area contributed by atoms with Gasteiger partial charge in [-0.05, 0) is 55.8 Å². The number of ether oxygens (including phenoxy) is 1. The minimum atomic E-state index is -0.0921. The summed E-state index contributed by atoms with van der Waals surface area (Å²) in [6.45, 7) is 4.39. The van der Waals surface area contributed by atoms with Crippen molar-refractivity contribution in [2.45, 2.75) is 44.8 Å². The number of hydrogen-bond donors (Lipinski definition) is 1. The molecule has 3 nitrogen and oxygen atoms in total. The first kappa shape index (κ1) is 14.9. The van der Waals surface area contributed by atoms with E-state index in [4.69, 9.17) is 4.74 Å². The molecule has 1 heterocycles. The zero-order valence-corrected chi connectivity index (χ0v) is 13.2. The number of rotatable bonds is 6. The lowest BCUT2D eigenvalue weighted by Crippen LogP contribution is -2.28. The van der Waals surface area contributed by atoms with Crippen LogP contribution in [0.2, 0.25) is 0 Å². The molecule has 0 aromatic heterocycles. The van der Waals surface area contributed by atoms with Crippen LogP contribution in [0, 0.1) is 11.8 Å². The van der Waals surface area contributed by atoms with E-state index in [1.807, 2.05) is 12.1 Å². The van der Waals surface area contributed by atoms with E-state index in [-0.39, 0.29) is 6.10 Å². The maximum Gasteiger partial charge on any atom is 0.118 e. The molecule has 1 saturated heterocycles. The first-order chi connectivity index (χ1) is 10.2. The van der Waals surface area contributed by atoms with Crippen LogP contribution in [-0.2, 0) is 0 Å². The Hall–Kier alpha value is -1.06. The zero-order chi connectivity index (χ0) is 14.8. The molecule has 0 spiro atoms. The summed E-state index contributed by atoms with van der Waals surface area (Å²) in [6.07, 6.45) is 4.72. The number of hydrogen-bond acceptors (Lipinski definition) is 3. The van der Waals surface area contributed by atoms with Gasteiger partial charge in [0.25, 0.3) is 0 Å². The van der Waals surface area contributed by atoms with Crippen molar-refractivity contribution in [3.05, 3.63) is 29.8 Å². The topological polar surface area (TPSA) is 32.7 Å². The highest BCUT2D eigenvalue weighted by molar-refractivity contribution is 5.29. The number of methoxy groups -OCH3 is 1. The fourth-order valence-electron chi connectivity index (χ4n) is 3.46. The molecule has 21 heavy (non-hydrogen) atoms. The third-order valence-corrected chi connectivity index (χ3v) is 5.22. The van der Waals surface area contributed by atoms with Gasteiger partial charge in [0.1, 0.15) is 5.75 Å². The molecule has 0 amide bonds. The van der Waals surface area contributed by atoms with Crippen molar-refractivity contribution in [3.8, 4) is 5.75 Å². The highest BCUT2D eigenvalue weighted by Crippen LogP contribution is 2.37. The molecule has 1 saturated carbocycles. The summed E-state index contributed by atoms with van der Waals surface area (Å²) in [7, 11) is 1.70. The van der Waals surface area contributed by atoms with Crippen LogP contribution in [0.4, 0.5) is 0 Å². The van der Waals surface area contributed by atoms with Crippen LogP contribution in [-0.4, -0.2) is 36.3 Å². The van der Waals surface area contributed by atoms with Gasteiger partial charge in [-0.1, -0.05) is 25.0 Å². The monoisotopic (exact) mass is 289 g/mol. The van der Waals surface area contributed by atoms with E-state index in [0.29, 0.717) is 12.0 Å². The molecule has 1 aromatic carbocycles. The Morgan fingerprint density at radius 2 is 1.95 bits per heavy atom. The molecule has 0 radical (unpaired) electrons. The van der Waals surface area contributed by atoms with E-state index >= 15 is 0 Å². The van der Waals surface area contributed by atoms with Gasteiger partial charge in [-0.25, -0.2) is 0 Å². The molecule has 1 N–H and O–H groups in total. The molecule has 2 aliphatic rings. The molecule has 3 heteroatoms. The van der Waals surface area contributed by atoms with Crippen LogP contribution in [0.15, 0.2) is 24.3 Å². The summed E-state index contributed by atoms with van der Waals surface area (Å²) in [4.78, 5) is 2.50. The fraction of sp³-hybridized carbons (Fsp3) is 0.667. The summed E-state index contributed by atoms with van der Waals surface area (Å²) in [5, 5.41) is 10.4. The maximum absolute atomic E-state index is 10.4. The molecule has 1 aliphatic heterocycles. The third-order valence-electron chi connectivity index (χ3n) is 5.22. The van der Waals surface area contributed by atoms with Crippen LogP contribution in [0.5, 0.6) is 5.75 Å². The van der Waals surface area contributed by atoms with Gasteiger partial charge in [0.05, 0.1) is 13.2 Å². The molecule has 0 bridgehead atoms. The predicted octanol–water partition coefficient (Wildman–Crippen LogP) is 3.24. The van der Waals surface area contributed by atoms with E-state index < -0.39 is 0 Å². The second-order valence-corrected chi connectivity index (χ2v) is 6.74. The van der Waals surface area contributed by atoms with Gasteiger partial charge >= 0.3 is 0 Å². The second kappa shape index (κ2) is 6.37. The summed E-state index contributed by atoms with van der Waals surface area (Å²) < 4.78 is 5.22. The number of aliphatic hydroxyl groups is 1. The number of likely N-dealkylation sites (tertiary alicyclic amines) is 1. The summed E-state index contributed by atoms with van der Waals surface area (Å²) in [5.74, 6) is 2.18. The quantitative estimate of drug-likeness (QED) is 0.872. The number of benzene rings is 1. The van der Waals surface area contributed by atoms with E-state index in [1.54, 1.807) is 7.11 Å². The molecule has 116 valence electrons. The van der Waals surface area contributed by atoms with Crippen molar-refractivity contribution >= 4 is 0 Å². The number of nitrogens with zero attached hydrogens (tertiary/aromatic N) is 1. The fourth-order valence-corrected chi connectivity index (χ4v) is 3.46. The molecule has 3 rings (SSSR count). The zero-order valence-electron chi connectivity index (χ0n) is 13.2. The molecule has 0 unspecified atom stereocenters. The van der Waals surface area contributed by atoms with E-state index in [2.05, 4.69) is 24.0 Å². The van der Waals surface area contributed by atoms with Gasteiger partial charge < -0.3 is 9.84 Å². The SMILES string of the molecule is COc1ccc([C@@H](C)N2CC[C@@H]([C@H](O)CC3CC3)C2)cc1. The van der Waals surface area contributed by atoms with E-state index in [0.717, 1.165) is 37.6 Å².